The first-order valence-corrected chi connectivity index (χ1v) is 5.24. The Morgan fingerprint density at radius 1 is 0.833 bits per heavy atom. The van der Waals surface area contributed by atoms with Crippen molar-refractivity contribution < 1.29 is 19.8 Å². The van der Waals surface area contributed by atoms with Gasteiger partial charge in [0, 0.05) is 6.07 Å². The van der Waals surface area contributed by atoms with Gasteiger partial charge in [-0.15, -0.1) is 0 Å². The number of ketones is 2. The first-order valence-electron chi connectivity index (χ1n) is 5.24. The fraction of sp³-hybridized carbons (Fsp3) is 0. The van der Waals surface area contributed by atoms with Gasteiger partial charge in [-0.05, 0) is 35.4 Å². The summed E-state index contributed by atoms with van der Waals surface area (Å²) >= 11 is 0. The van der Waals surface area contributed by atoms with Crippen molar-refractivity contribution in [2.45, 2.75) is 0 Å². The van der Waals surface area contributed by atoms with Crippen LogP contribution < -0.4 is 0 Å². The van der Waals surface area contributed by atoms with Crippen molar-refractivity contribution in [1.29, 1.82) is 0 Å². The summed E-state index contributed by atoms with van der Waals surface area (Å²) in [6, 6.07) is 4.16. The number of carbonyl (C=O) groups is 2. The molecule has 2 rings (SSSR count). The lowest BCUT2D eigenvalue weighted by atomic mass is 10.0. The van der Waals surface area contributed by atoms with Gasteiger partial charge in [-0.2, -0.15) is 0 Å². The van der Waals surface area contributed by atoms with Crippen LogP contribution in [0.2, 0.25) is 0 Å². The second-order valence-electron chi connectivity index (χ2n) is 3.82. The Bertz CT molecular complexity index is 586. The molecule has 0 fully saturated rings. The Labute approximate surface area is 103 Å². The third-order valence-corrected chi connectivity index (χ3v) is 2.36. The van der Waals surface area contributed by atoms with E-state index in [0.717, 1.165) is 0 Å². The summed E-state index contributed by atoms with van der Waals surface area (Å²) < 4.78 is 0. The molecule has 0 aromatic heterocycles. The second-order valence-corrected chi connectivity index (χ2v) is 3.82. The van der Waals surface area contributed by atoms with E-state index in [1.165, 1.54) is 36.4 Å². The van der Waals surface area contributed by atoms with E-state index < -0.39 is 11.6 Å². The van der Waals surface area contributed by atoms with E-state index in [0.29, 0.717) is 11.1 Å². The van der Waals surface area contributed by atoms with E-state index in [-0.39, 0.29) is 11.5 Å². The van der Waals surface area contributed by atoms with Crippen molar-refractivity contribution in [3.63, 3.8) is 0 Å². The van der Waals surface area contributed by atoms with Crippen LogP contribution in [0.25, 0.3) is 6.08 Å². The summed E-state index contributed by atoms with van der Waals surface area (Å²) in [5.74, 6) is -1.19. The molecule has 0 spiro atoms. The van der Waals surface area contributed by atoms with E-state index in [1.807, 2.05) is 0 Å². The van der Waals surface area contributed by atoms with Crippen LogP contribution in [-0.2, 0) is 9.59 Å². The maximum Gasteiger partial charge on any atom is 0.226 e. The molecule has 4 heteroatoms. The molecule has 1 aliphatic carbocycles. The third-order valence-electron chi connectivity index (χ3n) is 2.36. The number of carbonyl (C=O) groups excluding carboxylic acids is 2. The SMILES string of the molecule is O=C1C=CC(C=Cc2cc(O)cc(O)c2)=CC1=O. The fourth-order valence-corrected chi connectivity index (χ4v) is 1.54. The van der Waals surface area contributed by atoms with Crippen LogP contribution in [0.1, 0.15) is 5.56 Å². The molecule has 1 aromatic carbocycles. The Morgan fingerprint density at radius 3 is 2.11 bits per heavy atom. The van der Waals surface area contributed by atoms with E-state index in [4.69, 9.17) is 0 Å². The van der Waals surface area contributed by atoms with Crippen LogP contribution >= 0.6 is 0 Å². The number of rotatable bonds is 2. The van der Waals surface area contributed by atoms with E-state index in [2.05, 4.69) is 0 Å². The monoisotopic (exact) mass is 242 g/mol. The molecule has 0 atom stereocenters. The number of phenolic OH excluding ortho intramolecular Hbond substituents is 2. The molecule has 90 valence electrons. The normalized spacial score (nSPS) is 15.2. The Hall–Kier alpha value is -2.62. The Morgan fingerprint density at radius 2 is 1.50 bits per heavy atom. The smallest absolute Gasteiger partial charge is 0.226 e. The topological polar surface area (TPSA) is 74.6 Å². The number of hydrogen-bond donors (Lipinski definition) is 2. The quantitative estimate of drug-likeness (QED) is 0.612. The van der Waals surface area contributed by atoms with Gasteiger partial charge in [0.15, 0.2) is 0 Å². The van der Waals surface area contributed by atoms with Crippen LogP contribution in [0, 0.1) is 0 Å². The summed E-state index contributed by atoms with van der Waals surface area (Å²) in [4.78, 5) is 22.1. The number of hydrogen-bond acceptors (Lipinski definition) is 4. The van der Waals surface area contributed by atoms with Gasteiger partial charge >= 0.3 is 0 Å². The van der Waals surface area contributed by atoms with Crippen LogP contribution in [-0.4, -0.2) is 21.8 Å². The van der Waals surface area contributed by atoms with Crippen molar-refractivity contribution in [2.75, 3.05) is 0 Å². The molecular weight excluding hydrogens is 232 g/mol. The first-order chi connectivity index (χ1) is 8.54. The summed E-state index contributed by atoms with van der Waals surface area (Å²) in [5, 5.41) is 18.6. The van der Waals surface area contributed by atoms with Gasteiger partial charge in [0.1, 0.15) is 11.5 Å². The molecule has 4 nitrogen and oxygen atoms in total. The molecule has 2 N–H and O–H groups in total. The number of allylic oxidation sites excluding steroid dienone is 5. The summed E-state index contributed by atoms with van der Waals surface area (Å²) in [6.45, 7) is 0. The molecule has 18 heavy (non-hydrogen) atoms. The molecule has 1 aromatic rings. The maximum atomic E-state index is 11.1. The molecule has 0 heterocycles. The average molecular weight is 242 g/mol. The van der Waals surface area contributed by atoms with Gasteiger partial charge in [0.25, 0.3) is 0 Å². The molecule has 0 unspecified atom stereocenters. The van der Waals surface area contributed by atoms with Crippen LogP contribution in [0.15, 0.2) is 48.1 Å². The summed E-state index contributed by atoms with van der Waals surface area (Å²) in [6.07, 6.45) is 7.22. The van der Waals surface area contributed by atoms with Gasteiger partial charge in [-0.25, -0.2) is 0 Å². The highest BCUT2D eigenvalue weighted by Crippen LogP contribution is 2.21. The van der Waals surface area contributed by atoms with Gasteiger partial charge in [-0.1, -0.05) is 18.2 Å². The molecule has 0 saturated heterocycles. The van der Waals surface area contributed by atoms with E-state index >= 15 is 0 Å². The lowest BCUT2D eigenvalue weighted by Crippen LogP contribution is -2.10. The van der Waals surface area contributed by atoms with Crippen LogP contribution in [0.4, 0.5) is 0 Å². The molecule has 0 aliphatic heterocycles. The van der Waals surface area contributed by atoms with E-state index in [9.17, 15) is 19.8 Å². The first kappa shape index (κ1) is 11.9. The van der Waals surface area contributed by atoms with Crippen LogP contribution in [0.3, 0.4) is 0 Å². The Balaban J connectivity index is 2.21. The number of aromatic hydroxyl groups is 2. The van der Waals surface area contributed by atoms with Gasteiger partial charge in [0.2, 0.25) is 11.6 Å². The van der Waals surface area contributed by atoms with Gasteiger partial charge in [-0.3, -0.25) is 9.59 Å². The van der Waals surface area contributed by atoms with Crippen LogP contribution in [0.5, 0.6) is 11.5 Å². The predicted octanol–water partition coefficient (Wildman–Crippen LogP) is 1.75. The van der Waals surface area contributed by atoms with Crippen molar-refractivity contribution >= 4 is 17.6 Å². The molecule has 0 saturated carbocycles. The zero-order valence-corrected chi connectivity index (χ0v) is 9.33. The minimum Gasteiger partial charge on any atom is -0.508 e. The Kier molecular flexibility index (Phi) is 3.10. The minimum absolute atomic E-state index is 0.0472. The lowest BCUT2D eigenvalue weighted by molar-refractivity contribution is -0.131. The summed E-state index contributed by atoms with van der Waals surface area (Å²) in [5.41, 5.74) is 1.17. The summed E-state index contributed by atoms with van der Waals surface area (Å²) in [7, 11) is 0. The maximum absolute atomic E-state index is 11.1. The van der Waals surface area contributed by atoms with Crippen molar-refractivity contribution in [3.8, 4) is 11.5 Å². The number of phenols is 2. The minimum atomic E-state index is -0.559. The predicted molar refractivity (Wildman–Crippen MR) is 66.0 cm³/mol. The molecular formula is C14H10O4. The standard InChI is InChI=1S/C14H10O4/c15-11-5-10(6-12(16)8-11)2-1-9-3-4-13(17)14(18)7-9/h1-8,15-16H. The van der Waals surface area contributed by atoms with Crippen molar-refractivity contribution in [2.24, 2.45) is 0 Å². The highest BCUT2D eigenvalue weighted by atomic mass is 16.3. The fourth-order valence-electron chi connectivity index (χ4n) is 1.54. The molecule has 0 radical (unpaired) electrons. The van der Waals surface area contributed by atoms with Crippen molar-refractivity contribution in [1.82, 2.24) is 0 Å². The third kappa shape index (κ3) is 2.74. The largest absolute Gasteiger partial charge is 0.508 e. The lowest BCUT2D eigenvalue weighted by Gasteiger charge is -2.01. The molecule has 0 bridgehead atoms. The van der Waals surface area contributed by atoms with Gasteiger partial charge < -0.3 is 10.2 Å². The van der Waals surface area contributed by atoms with Gasteiger partial charge in [0.05, 0.1) is 0 Å². The van der Waals surface area contributed by atoms with Crippen molar-refractivity contribution in [3.05, 3.63) is 53.6 Å². The highest BCUT2D eigenvalue weighted by Gasteiger charge is 2.11. The second kappa shape index (κ2) is 4.71. The molecule has 0 amide bonds. The highest BCUT2D eigenvalue weighted by molar-refractivity contribution is 6.46. The zero-order chi connectivity index (χ0) is 13.1. The average Bonchev–Trinajstić information content (AvgIpc) is 2.29. The zero-order valence-electron chi connectivity index (χ0n) is 9.33. The molecule has 1 aliphatic rings. The number of benzene rings is 1. The van der Waals surface area contributed by atoms with E-state index in [1.54, 1.807) is 12.2 Å².